The summed E-state index contributed by atoms with van der Waals surface area (Å²) in [6.07, 6.45) is 0. The molecule has 0 N–H and O–H groups in total. The predicted molar refractivity (Wildman–Crippen MR) is 98.0 cm³/mol. The predicted octanol–water partition coefficient (Wildman–Crippen LogP) is 3.70. The zero-order valence-electron chi connectivity index (χ0n) is 13.6. The molecule has 0 saturated heterocycles. The van der Waals surface area contributed by atoms with Gasteiger partial charge >= 0.3 is 0 Å². The van der Waals surface area contributed by atoms with E-state index in [1.54, 1.807) is 36.4 Å². The van der Waals surface area contributed by atoms with E-state index in [-0.39, 0.29) is 11.8 Å². The number of rotatable bonds is 6. The van der Waals surface area contributed by atoms with Crippen LogP contribution in [0, 0.1) is 0 Å². The van der Waals surface area contributed by atoms with Crippen molar-refractivity contribution in [3.8, 4) is 0 Å². The molecule has 128 valence electrons. The molecule has 6 heteroatoms. The minimum Gasteiger partial charge on any atom is -0.309 e. The van der Waals surface area contributed by atoms with Gasteiger partial charge in [0.2, 0.25) is 5.91 Å². The lowest BCUT2D eigenvalue weighted by molar-refractivity contribution is -0.116. The van der Waals surface area contributed by atoms with Gasteiger partial charge in [-0.15, -0.1) is 0 Å². The highest BCUT2D eigenvalue weighted by molar-refractivity contribution is 7.91. The normalized spacial score (nSPS) is 11.5. The molecule has 0 atom stereocenters. The molecule has 2 aromatic rings. The van der Waals surface area contributed by atoms with Gasteiger partial charge in [0.1, 0.15) is 5.75 Å². The Morgan fingerprint density at radius 3 is 2.21 bits per heavy atom. The van der Waals surface area contributed by atoms with Crippen LogP contribution >= 0.6 is 11.6 Å². The monoisotopic (exact) mass is 365 g/mol. The molecule has 0 saturated carbocycles. The Kier molecular flexibility index (Phi) is 6.02. The molecule has 1 amide bonds. The lowest BCUT2D eigenvalue weighted by Crippen LogP contribution is -2.40. The highest BCUT2D eigenvalue weighted by Gasteiger charge is 2.25. The fourth-order valence-corrected chi connectivity index (χ4v) is 4.10. The summed E-state index contributed by atoms with van der Waals surface area (Å²) in [4.78, 5) is 14.1. The summed E-state index contributed by atoms with van der Waals surface area (Å²) in [6.45, 7) is 3.71. The van der Waals surface area contributed by atoms with Crippen molar-refractivity contribution in [2.75, 3.05) is 10.7 Å². The zero-order valence-corrected chi connectivity index (χ0v) is 15.2. The van der Waals surface area contributed by atoms with Crippen molar-refractivity contribution in [2.24, 2.45) is 0 Å². The maximum absolute atomic E-state index is 12.6. The molecule has 0 aliphatic heterocycles. The number of hydrogen-bond acceptors (Lipinski definition) is 3. The van der Waals surface area contributed by atoms with E-state index in [1.807, 2.05) is 32.0 Å². The van der Waals surface area contributed by atoms with Crippen LogP contribution in [0.1, 0.15) is 19.4 Å². The van der Waals surface area contributed by atoms with Crippen molar-refractivity contribution in [1.82, 2.24) is 0 Å². The van der Waals surface area contributed by atoms with Gasteiger partial charge in [0.05, 0.1) is 5.75 Å². The van der Waals surface area contributed by atoms with E-state index in [9.17, 15) is 13.2 Å². The number of amides is 1. The highest BCUT2D eigenvalue weighted by atomic mass is 35.5. The van der Waals surface area contributed by atoms with Gasteiger partial charge in [-0.3, -0.25) is 4.79 Å². The van der Waals surface area contributed by atoms with E-state index >= 15 is 0 Å². The first kappa shape index (κ1) is 18.5. The number of para-hydroxylation sites is 1. The van der Waals surface area contributed by atoms with Crippen molar-refractivity contribution in [3.63, 3.8) is 0 Å². The van der Waals surface area contributed by atoms with E-state index in [1.165, 1.54) is 4.90 Å². The minimum absolute atomic E-state index is 0.143. The fourth-order valence-electron chi connectivity index (χ4n) is 2.48. The minimum atomic E-state index is -3.62. The number of carbonyl (C=O) groups excluding carboxylic acids is 1. The number of anilines is 1. The molecular formula is C18H20ClNO3S. The lowest BCUT2D eigenvalue weighted by Gasteiger charge is -2.26. The summed E-state index contributed by atoms with van der Waals surface area (Å²) in [5.74, 6) is -1.24. The molecule has 0 fully saturated rings. The molecule has 0 unspecified atom stereocenters. The van der Waals surface area contributed by atoms with E-state index in [0.717, 1.165) is 0 Å². The van der Waals surface area contributed by atoms with E-state index in [4.69, 9.17) is 11.6 Å². The quantitative estimate of drug-likeness (QED) is 0.784. The Balaban J connectivity index is 2.18. The molecule has 0 spiro atoms. The summed E-state index contributed by atoms with van der Waals surface area (Å²) in [7, 11) is -3.62. The van der Waals surface area contributed by atoms with Crippen molar-refractivity contribution in [1.29, 1.82) is 0 Å². The second-order valence-corrected chi connectivity index (χ2v) is 8.29. The van der Waals surface area contributed by atoms with Gasteiger partial charge in [-0.05, 0) is 37.6 Å². The molecule has 0 aliphatic carbocycles. The fraction of sp³-hybridized carbons (Fsp3) is 0.278. The van der Waals surface area contributed by atoms with Crippen molar-refractivity contribution < 1.29 is 13.2 Å². The van der Waals surface area contributed by atoms with Crippen LogP contribution in [0.4, 0.5) is 5.69 Å². The molecule has 0 radical (unpaired) electrons. The molecule has 4 nitrogen and oxygen atoms in total. The van der Waals surface area contributed by atoms with Crippen LogP contribution in [-0.4, -0.2) is 26.1 Å². The second-order valence-electron chi connectivity index (χ2n) is 5.82. The Morgan fingerprint density at radius 2 is 1.62 bits per heavy atom. The third-order valence-corrected chi connectivity index (χ3v) is 5.30. The maximum Gasteiger partial charge on any atom is 0.242 e. The van der Waals surface area contributed by atoms with Gasteiger partial charge in [-0.1, -0.05) is 48.0 Å². The second kappa shape index (κ2) is 7.81. The zero-order chi connectivity index (χ0) is 17.7. The Hall–Kier alpha value is -1.85. The molecule has 0 aromatic heterocycles. The number of nitrogens with zero attached hydrogens (tertiary/aromatic N) is 1. The standard InChI is InChI=1S/C18H20ClNO3S/c1-14(2)20(16-9-4-3-5-10-16)18(21)13-24(22,23)12-15-8-6-7-11-17(15)19/h3-11,14H,12-13H2,1-2H3. The van der Waals surface area contributed by atoms with Crippen LogP contribution in [-0.2, 0) is 20.4 Å². The van der Waals surface area contributed by atoms with Crippen LogP contribution in [0.3, 0.4) is 0 Å². The number of sulfone groups is 1. The number of carbonyl (C=O) groups is 1. The molecule has 0 heterocycles. The van der Waals surface area contributed by atoms with Crippen LogP contribution < -0.4 is 4.90 Å². The first-order valence-electron chi connectivity index (χ1n) is 7.61. The Morgan fingerprint density at radius 1 is 1.04 bits per heavy atom. The topological polar surface area (TPSA) is 54.5 Å². The summed E-state index contributed by atoms with van der Waals surface area (Å²) in [5.41, 5.74) is 1.19. The highest BCUT2D eigenvalue weighted by Crippen LogP contribution is 2.20. The van der Waals surface area contributed by atoms with E-state index < -0.39 is 21.5 Å². The molecule has 0 bridgehead atoms. The summed E-state index contributed by atoms with van der Waals surface area (Å²) < 4.78 is 24.8. The first-order valence-corrected chi connectivity index (χ1v) is 9.81. The van der Waals surface area contributed by atoms with Crippen molar-refractivity contribution >= 4 is 33.0 Å². The third kappa shape index (κ3) is 4.82. The summed E-state index contributed by atoms with van der Waals surface area (Å²) >= 11 is 6.02. The van der Waals surface area contributed by atoms with Gasteiger partial charge in [0.25, 0.3) is 0 Å². The number of benzene rings is 2. The van der Waals surface area contributed by atoms with Crippen molar-refractivity contribution in [2.45, 2.75) is 25.6 Å². The third-order valence-electron chi connectivity index (χ3n) is 3.50. The molecule has 0 aliphatic rings. The van der Waals surface area contributed by atoms with Gasteiger partial charge in [0.15, 0.2) is 9.84 Å². The van der Waals surface area contributed by atoms with Gasteiger partial charge < -0.3 is 4.90 Å². The molecule has 2 rings (SSSR count). The summed E-state index contributed by atoms with van der Waals surface area (Å²) in [5, 5.41) is 0.386. The number of hydrogen-bond donors (Lipinski definition) is 0. The SMILES string of the molecule is CC(C)N(C(=O)CS(=O)(=O)Cc1ccccc1Cl)c1ccccc1. The van der Waals surface area contributed by atoms with E-state index in [2.05, 4.69) is 0 Å². The van der Waals surface area contributed by atoms with Gasteiger partial charge in [-0.2, -0.15) is 0 Å². The molecule has 2 aromatic carbocycles. The average Bonchev–Trinajstić information content (AvgIpc) is 2.49. The van der Waals surface area contributed by atoms with Crippen LogP contribution in [0.25, 0.3) is 0 Å². The number of halogens is 1. The molecular weight excluding hydrogens is 346 g/mol. The Bertz CT molecular complexity index is 804. The van der Waals surface area contributed by atoms with E-state index in [0.29, 0.717) is 16.3 Å². The first-order chi connectivity index (χ1) is 11.3. The molecule has 24 heavy (non-hydrogen) atoms. The summed E-state index contributed by atoms with van der Waals surface area (Å²) in [6, 6.07) is 15.7. The maximum atomic E-state index is 12.6. The van der Waals surface area contributed by atoms with Crippen molar-refractivity contribution in [3.05, 3.63) is 65.2 Å². The Labute approximate surface area is 148 Å². The lowest BCUT2D eigenvalue weighted by atomic mass is 10.2. The van der Waals surface area contributed by atoms with Gasteiger partial charge in [-0.25, -0.2) is 8.42 Å². The van der Waals surface area contributed by atoms with Crippen LogP contribution in [0.2, 0.25) is 5.02 Å². The average molecular weight is 366 g/mol. The van der Waals surface area contributed by atoms with Crippen LogP contribution in [0.5, 0.6) is 0 Å². The van der Waals surface area contributed by atoms with Crippen LogP contribution in [0.15, 0.2) is 54.6 Å². The largest absolute Gasteiger partial charge is 0.309 e. The van der Waals surface area contributed by atoms with Gasteiger partial charge in [0, 0.05) is 16.8 Å². The smallest absolute Gasteiger partial charge is 0.242 e.